The van der Waals surface area contributed by atoms with Gasteiger partial charge in [-0.1, -0.05) is 28.9 Å². The molecule has 0 aliphatic carbocycles. The Morgan fingerprint density at radius 1 is 1.42 bits per heavy atom. The summed E-state index contributed by atoms with van der Waals surface area (Å²) in [5.74, 6) is -0.218. The third kappa shape index (κ3) is 3.04. The van der Waals surface area contributed by atoms with Gasteiger partial charge in [0.05, 0.1) is 12.2 Å². The molecule has 0 saturated carbocycles. The topological polar surface area (TPSA) is 29.9 Å². The minimum Gasteiger partial charge on any atom is -0.306 e. The standard InChI is InChI=1S/C14H17BrFN3/c1-3-17-14(10-8-18-19(4-2)9-10)13-11(15)6-5-7-12(13)16/h5-9,14,17H,3-4H2,1-2H3. The van der Waals surface area contributed by atoms with E-state index in [1.54, 1.807) is 12.3 Å². The molecular weight excluding hydrogens is 309 g/mol. The highest BCUT2D eigenvalue weighted by Crippen LogP contribution is 2.30. The lowest BCUT2D eigenvalue weighted by Gasteiger charge is -2.19. The maximum Gasteiger partial charge on any atom is 0.129 e. The van der Waals surface area contributed by atoms with Crippen LogP contribution in [0.4, 0.5) is 4.39 Å². The highest BCUT2D eigenvalue weighted by atomic mass is 79.9. The summed E-state index contributed by atoms with van der Waals surface area (Å²) in [5.41, 5.74) is 1.59. The summed E-state index contributed by atoms with van der Waals surface area (Å²) >= 11 is 3.43. The van der Waals surface area contributed by atoms with Gasteiger partial charge in [0, 0.05) is 28.3 Å². The summed E-state index contributed by atoms with van der Waals surface area (Å²) in [6.07, 6.45) is 3.74. The molecule has 0 spiro atoms. The lowest BCUT2D eigenvalue weighted by Crippen LogP contribution is -2.23. The minimum atomic E-state index is -0.218. The van der Waals surface area contributed by atoms with Crippen molar-refractivity contribution in [2.24, 2.45) is 0 Å². The van der Waals surface area contributed by atoms with E-state index in [4.69, 9.17) is 0 Å². The Labute approximate surface area is 121 Å². The van der Waals surface area contributed by atoms with E-state index in [-0.39, 0.29) is 11.9 Å². The molecule has 0 aliphatic rings. The summed E-state index contributed by atoms with van der Waals surface area (Å²) in [6.45, 7) is 5.59. The van der Waals surface area contributed by atoms with Gasteiger partial charge < -0.3 is 5.32 Å². The Balaban J connectivity index is 2.45. The first-order valence-electron chi connectivity index (χ1n) is 6.37. The van der Waals surface area contributed by atoms with Crippen molar-refractivity contribution in [3.05, 3.63) is 52.0 Å². The van der Waals surface area contributed by atoms with Gasteiger partial charge in [-0.2, -0.15) is 5.10 Å². The molecule has 0 aliphatic heterocycles. The first-order chi connectivity index (χ1) is 9.17. The number of nitrogens with zero attached hydrogens (tertiary/aromatic N) is 2. The van der Waals surface area contributed by atoms with Gasteiger partial charge in [0.2, 0.25) is 0 Å². The van der Waals surface area contributed by atoms with Crippen LogP contribution in [-0.4, -0.2) is 16.3 Å². The van der Waals surface area contributed by atoms with E-state index in [0.717, 1.165) is 23.1 Å². The molecule has 1 heterocycles. The van der Waals surface area contributed by atoms with E-state index in [9.17, 15) is 4.39 Å². The summed E-state index contributed by atoms with van der Waals surface area (Å²) < 4.78 is 16.7. The Morgan fingerprint density at radius 2 is 2.21 bits per heavy atom. The van der Waals surface area contributed by atoms with E-state index in [2.05, 4.69) is 26.3 Å². The Kier molecular flexibility index (Phi) is 4.71. The smallest absolute Gasteiger partial charge is 0.129 e. The number of aromatic nitrogens is 2. The number of hydrogen-bond acceptors (Lipinski definition) is 2. The number of hydrogen-bond donors (Lipinski definition) is 1. The van der Waals surface area contributed by atoms with Crippen LogP contribution in [0, 0.1) is 5.82 Å². The predicted octanol–water partition coefficient (Wildman–Crippen LogP) is 3.50. The van der Waals surface area contributed by atoms with Crippen molar-refractivity contribution in [2.75, 3.05) is 6.54 Å². The highest BCUT2D eigenvalue weighted by molar-refractivity contribution is 9.10. The van der Waals surface area contributed by atoms with Crippen molar-refractivity contribution >= 4 is 15.9 Å². The molecule has 1 unspecified atom stereocenters. The molecule has 2 aromatic rings. The lowest BCUT2D eigenvalue weighted by atomic mass is 10.0. The molecule has 1 aromatic heterocycles. The summed E-state index contributed by atoms with van der Waals surface area (Å²) in [4.78, 5) is 0. The molecular formula is C14H17BrFN3. The fourth-order valence-corrected chi connectivity index (χ4v) is 2.65. The minimum absolute atomic E-state index is 0.194. The SMILES string of the molecule is CCNC(c1cnn(CC)c1)c1c(F)cccc1Br. The van der Waals surface area contributed by atoms with Gasteiger partial charge in [0.1, 0.15) is 5.82 Å². The van der Waals surface area contributed by atoms with E-state index in [1.165, 1.54) is 6.07 Å². The van der Waals surface area contributed by atoms with Crippen LogP contribution in [0.25, 0.3) is 0 Å². The Bertz CT molecular complexity index is 533. The third-order valence-electron chi connectivity index (χ3n) is 3.01. The summed E-state index contributed by atoms with van der Waals surface area (Å²) in [5, 5.41) is 7.57. The van der Waals surface area contributed by atoms with Crippen molar-refractivity contribution < 1.29 is 4.39 Å². The fraction of sp³-hybridized carbons (Fsp3) is 0.357. The average molecular weight is 326 g/mol. The van der Waals surface area contributed by atoms with Crippen LogP contribution >= 0.6 is 15.9 Å². The zero-order chi connectivity index (χ0) is 13.8. The lowest BCUT2D eigenvalue weighted by molar-refractivity contribution is 0.556. The summed E-state index contributed by atoms with van der Waals surface area (Å²) in [7, 11) is 0. The monoisotopic (exact) mass is 325 g/mol. The predicted molar refractivity (Wildman–Crippen MR) is 77.5 cm³/mol. The second-order valence-electron chi connectivity index (χ2n) is 4.26. The number of aryl methyl sites for hydroxylation is 1. The first kappa shape index (κ1) is 14.2. The van der Waals surface area contributed by atoms with E-state index < -0.39 is 0 Å². The number of rotatable bonds is 5. The zero-order valence-corrected chi connectivity index (χ0v) is 12.6. The maximum atomic E-state index is 14.1. The van der Waals surface area contributed by atoms with Crippen LogP contribution in [0.2, 0.25) is 0 Å². The summed E-state index contributed by atoms with van der Waals surface area (Å²) in [6, 6.07) is 4.84. The van der Waals surface area contributed by atoms with Crippen LogP contribution in [0.3, 0.4) is 0 Å². The highest BCUT2D eigenvalue weighted by Gasteiger charge is 2.21. The number of nitrogens with one attached hydrogen (secondary N) is 1. The van der Waals surface area contributed by atoms with Gasteiger partial charge in [-0.15, -0.1) is 0 Å². The molecule has 0 amide bonds. The third-order valence-corrected chi connectivity index (χ3v) is 3.70. The maximum absolute atomic E-state index is 14.1. The molecule has 0 bridgehead atoms. The molecule has 19 heavy (non-hydrogen) atoms. The Morgan fingerprint density at radius 3 is 2.79 bits per heavy atom. The van der Waals surface area contributed by atoms with Gasteiger partial charge in [-0.3, -0.25) is 4.68 Å². The van der Waals surface area contributed by atoms with E-state index in [1.807, 2.05) is 30.8 Å². The Hall–Kier alpha value is -1.20. The van der Waals surface area contributed by atoms with Gasteiger partial charge in [0.25, 0.3) is 0 Å². The van der Waals surface area contributed by atoms with Crippen LogP contribution in [0.5, 0.6) is 0 Å². The molecule has 0 radical (unpaired) electrons. The molecule has 2 rings (SSSR count). The second kappa shape index (κ2) is 6.30. The quantitative estimate of drug-likeness (QED) is 0.911. The van der Waals surface area contributed by atoms with Crippen LogP contribution in [0.1, 0.15) is 31.0 Å². The molecule has 0 saturated heterocycles. The largest absolute Gasteiger partial charge is 0.306 e. The van der Waals surface area contributed by atoms with Gasteiger partial charge in [0.15, 0.2) is 0 Å². The zero-order valence-electron chi connectivity index (χ0n) is 11.0. The molecule has 102 valence electrons. The average Bonchev–Trinajstić information content (AvgIpc) is 2.86. The van der Waals surface area contributed by atoms with Gasteiger partial charge >= 0.3 is 0 Å². The molecule has 1 aromatic carbocycles. The molecule has 5 heteroatoms. The van der Waals surface area contributed by atoms with Crippen LogP contribution < -0.4 is 5.32 Å². The first-order valence-corrected chi connectivity index (χ1v) is 7.16. The van der Waals surface area contributed by atoms with Crippen molar-refractivity contribution in [1.82, 2.24) is 15.1 Å². The van der Waals surface area contributed by atoms with Crippen molar-refractivity contribution in [2.45, 2.75) is 26.4 Å². The number of halogens is 2. The van der Waals surface area contributed by atoms with Gasteiger partial charge in [-0.25, -0.2) is 4.39 Å². The van der Waals surface area contributed by atoms with Crippen LogP contribution in [0.15, 0.2) is 35.1 Å². The van der Waals surface area contributed by atoms with Crippen LogP contribution in [-0.2, 0) is 6.54 Å². The molecule has 1 N–H and O–H groups in total. The van der Waals surface area contributed by atoms with E-state index >= 15 is 0 Å². The van der Waals surface area contributed by atoms with Gasteiger partial charge in [-0.05, 0) is 25.6 Å². The van der Waals surface area contributed by atoms with E-state index in [0.29, 0.717) is 5.56 Å². The molecule has 0 fully saturated rings. The second-order valence-corrected chi connectivity index (χ2v) is 5.11. The number of benzene rings is 1. The van der Waals surface area contributed by atoms with Crippen molar-refractivity contribution in [3.63, 3.8) is 0 Å². The van der Waals surface area contributed by atoms with Crippen molar-refractivity contribution in [3.8, 4) is 0 Å². The molecule has 3 nitrogen and oxygen atoms in total. The fourth-order valence-electron chi connectivity index (χ4n) is 2.08. The normalized spacial score (nSPS) is 12.6. The van der Waals surface area contributed by atoms with Crippen molar-refractivity contribution in [1.29, 1.82) is 0 Å². The molecule has 1 atom stereocenters.